The van der Waals surface area contributed by atoms with Gasteiger partial charge in [0.05, 0.1) is 0 Å². The fourth-order valence-corrected chi connectivity index (χ4v) is 8.26. The first kappa shape index (κ1) is 16.3. The molecule has 0 radical (unpaired) electrons. The minimum Gasteiger partial charge on any atom is -0.376 e. The Labute approximate surface area is 116 Å². The van der Waals surface area contributed by atoms with Crippen molar-refractivity contribution in [2.75, 3.05) is 6.16 Å². The van der Waals surface area contributed by atoms with Gasteiger partial charge in [0.15, 0.2) is 16.6 Å². The van der Waals surface area contributed by atoms with E-state index in [-0.39, 0.29) is 0 Å². The maximum atomic E-state index is 6.24. The van der Waals surface area contributed by atoms with E-state index in [0.717, 1.165) is 12.6 Å². The molecule has 0 N–H and O–H groups in total. The highest BCUT2D eigenvalue weighted by molar-refractivity contribution is 7.50. The Kier molecular flexibility index (Phi) is 6.00. The lowest BCUT2D eigenvalue weighted by Crippen LogP contribution is -2.29. The van der Waals surface area contributed by atoms with Crippen molar-refractivity contribution in [2.24, 2.45) is 5.92 Å². The van der Waals surface area contributed by atoms with Crippen LogP contribution in [0.2, 0.25) is 39.3 Å². The zero-order chi connectivity index (χ0) is 13.8. The second-order valence-corrected chi connectivity index (χ2v) is 17.7. The molecular weight excluding hydrogens is 275 g/mol. The molecule has 0 unspecified atom stereocenters. The second kappa shape index (κ2) is 6.62. The molecule has 0 saturated carbocycles. The van der Waals surface area contributed by atoms with Crippen LogP contribution < -0.4 is 0 Å². The third-order valence-corrected chi connectivity index (χ3v) is 8.86. The normalized spacial score (nSPS) is 17.1. The van der Waals surface area contributed by atoms with Gasteiger partial charge in [-0.05, 0) is 51.6 Å². The van der Waals surface area contributed by atoms with Gasteiger partial charge in [-0.2, -0.15) is 0 Å². The van der Waals surface area contributed by atoms with Crippen molar-refractivity contribution < 1.29 is 8.43 Å². The van der Waals surface area contributed by atoms with Gasteiger partial charge < -0.3 is 8.43 Å². The average molecular weight is 303 g/mol. The van der Waals surface area contributed by atoms with Crippen LogP contribution in [0.15, 0.2) is 24.3 Å². The van der Waals surface area contributed by atoms with E-state index < -0.39 is 25.0 Å². The van der Waals surface area contributed by atoms with Gasteiger partial charge in [-0.25, -0.2) is 0 Å². The lowest BCUT2D eigenvalue weighted by atomic mass is 10.1. The first-order valence-electron chi connectivity index (χ1n) is 6.66. The van der Waals surface area contributed by atoms with Gasteiger partial charge in [0.2, 0.25) is 0 Å². The molecule has 18 heavy (non-hydrogen) atoms. The summed E-state index contributed by atoms with van der Waals surface area (Å²) in [6.07, 6.45) is 11.0. The fourth-order valence-electron chi connectivity index (χ4n) is 1.65. The van der Waals surface area contributed by atoms with Crippen molar-refractivity contribution in [3.8, 4) is 0 Å². The molecule has 0 amide bonds. The fraction of sp³-hybridized carbons (Fsp3) is 0.692. The van der Waals surface area contributed by atoms with Crippen molar-refractivity contribution in [3.05, 3.63) is 24.3 Å². The highest BCUT2D eigenvalue weighted by Gasteiger charge is 2.27. The molecule has 0 aromatic heterocycles. The topological polar surface area (TPSA) is 18.5 Å². The lowest BCUT2D eigenvalue weighted by molar-refractivity contribution is 0.484. The summed E-state index contributed by atoms with van der Waals surface area (Å²) in [6.45, 7) is 13.4. The monoisotopic (exact) mass is 302 g/mol. The Morgan fingerprint density at radius 1 is 0.889 bits per heavy atom. The maximum Gasteiger partial charge on any atom is 0.191 e. The summed E-state index contributed by atoms with van der Waals surface area (Å²) in [7, 11) is -3.71. The summed E-state index contributed by atoms with van der Waals surface area (Å²) in [6, 6.07) is 0. The third kappa shape index (κ3) is 7.64. The van der Waals surface area contributed by atoms with Gasteiger partial charge in [-0.3, -0.25) is 0 Å². The predicted octanol–water partition coefficient (Wildman–Crippen LogP) is 5.13. The van der Waals surface area contributed by atoms with Crippen molar-refractivity contribution in [2.45, 2.75) is 45.7 Å². The molecule has 104 valence electrons. The Morgan fingerprint density at radius 2 is 1.33 bits per heavy atom. The van der Waals surface area contributed by atoms with E-state index in [4.69, 9.17) is 8.43 Å². The SMILES string of the molecule is C[Si](C)(C)OP(CCC1C=CC=C1)O[Si](C)(C)C. The molecule has 0 spiro atoms. The van der Waals surface area contributed by atoms with Crippen LogP contribution in [0.25, 0.3) is 0 Å². The molecule has 0 aromatic rings. The first-order valence-corrected chi connectivity index (χ1v) is 14.8. The second-order valence-electron chi connectivity index (χ2n) is 6.69. The smallest absolute Gasteiger partial charge is 0.191 e. The Morgan fingerprint density at radius 3 is 1.72 bits per heavy atom. The van der Waals surface area contributed by atoms with Crippen LogP contribution in [0.5, 0.6) is 0 Å². The molecule has 5 heteroatoms. The average Bonchev–Trinajstić information content (AvgIpc) is 2.61. The minimum atomic E-state index is -1.51. The zero-order valence-corrected chi connectivity index (χ0v) is 15.5. The summed E-state index contributed by atoms with van der Waals surface area (Å²) in [5.74, 6) is 0.588. The largest absolute Gasteiger partial charge is 0.376 e. The molecule has 1 aliphatic rings. The standard InChI is InChI=1S/C13H27O2PSi2/c1-17(2,3)14-16(15-18(4,5)6)12-11-13-9-7-8-10-13/h7-10,13H,11-12H2,1-6H3. The van der Waals surface area contributed by atoms with Crippen LogP contribution in [-0.2, 0) is 8.43 Å². The van der Waals surface area contributed by atoms with E-state index in [0.29, 0.717) is 5.92 Å². The van der Waals surface area contributed by atoms with Gasteiger partial charge in [-0.15, -0.1) is 0 Å². The predicted molar refractivity (Wildman–Crippen MR) is 87.0 cm³/mol. The van der Waals surface area contributed by atoms with Gasteiger partial charge >= 0.3 is 0 Å². The molecule has 2 nitrogen and oxygen atoms in total. The molecule has 1 rings (SSSR count). The van der Waals surface area contributed by atoms with E-state index in [1.807, 2.05) is 0 Å². The Balaban J connectivity index is 2.48. The summed E-state index contributed by atoms with van der Waals surface area (Å²) < 4.78 is 12.5. The van der Waals surface area contributed by atoms with Crippen LogP contribution in [0.3, 0.4) is 0 Å². The van der Waals surface area contributed by atoms with E-state index in [2.05, 4.69) is 63.6 Å². The van der Waals surface area contributed by atoms with Crippen molar-refractivity contribution in [1.82, 2.24) is 0 Å². The van der Waals surface area contributed by atoms with E-state index >= 15 is 0 Å². The highest BCUT2D eigenvalue weighted by Crippen LogP contribution is 2.45. The molecule has 0 aliphatic heterocycles. The number of hydrogen-bond donors (Lipinski definition) is 0. The Hall–Kier alpha value is 0.264. The maximum absolute atomic E-state index is 6.24. The number of rotatable bonds is 7. The molecular formula is C13H27O2PSi2. The van der Waals surface area contributed by atoms with Gasteiger partial charge in [0.25, 0.3) is 0 Å². The van der Waals surface area contributed by atoms with Crippen molar-refractivity contribution in [3.63, 3.8) is 0 Å². The third-order valence-electron chi connectivity index (χ3n) is 2.22. The molecule has 0 fully saturated rings. The van der Waals surface area contributed by atoms with Crippen LogP contribution in [0.1, 0.15) is 6.42 Å². The van der Waals surface area contributed by atoms with Crippen molar-refractivity contribution >= 4 is 25.0 Å². The summed E-state index contributed by atoms with van der Waals surface area (Å²) in [5.41, 5.74) is 0. The molecule has 0 atom stereocenters. The van der Waals surface area contributed by atoms with E-state index in [1.165, 1.54) is 0 Å². The van der Waals surface area contributed by atoms with Crippen molar-refractivity contribution in [1.29, 1.82) is 0 Å². The number of allylic oxidation sites excluding steroid dienone is 4. The summed E-state index contributed by atoms with van der Waals surface area (Å²) >= 11 is 0. The van der Waals surface area contributed by atoms with Gasteiger partial charge in [-0.1, -0.05) is 24.3 Å². The lowest BCUT2D eigenvalue weighted by Gasteiger charge is -2.31. The molecule has 0 aromatic carbocycles. The van der Waals surface area contributed by atoms with E-state index in [1.54, 1.807) is 0 Å². The number of hydrogen-bond acceptors (Lipinski definition) is 2. The summed E-state index contributed by atoms with van der Waals surface area (Å²) in [5, 5.41) is 0. The van der Waals surface area contributed by atoms with Crippen LogP contribution in [0, 0.1) is 5.92 Å². The highest BCUT2D eigenvalue weighted by atomic mass is 31.2. The van der Waals surface area contributed by atoms with Crippen LogP contribution in [-0.4, -0.2) is 22.8 Å². The minimum absolute atomic E-state index is 0.588. The Bertz CT molecular complexity index is 288. The molecule has 0 saturated heterocycles. The zero-order valence-electron chi connectivity index (χ0n) is 12.6. The summed E-state index contributed by atoms with van der Waals surface area (Å²) in [4.78, 5) is 0. The van der Waals surface area contributed by atoms with E-state index in [9.17, 15) is 0 Å². The molecule has 0 bridgehead atoms. The molecule has 0 heterocycles. The van der Waals surface area contributed by atoms with Gasteiger partial charge in [0.1, 0.15) is 8.38 Å². The van der Waals surface area contributed by atoms with Crippen LogP contribution in [0.4, 0.5) is 0 Å². The quantitative estimate of drug-likeness (QED) is 0.479. The molecule has 1 aliphatic carbocycles. The first-order chi connectivity index (χ1) is 8.16. The van der Waals surface area contributed by atoms with Gasteiger partial charge in [0, 0.05) is 6.16 Å². The van der Waals surface area contributed by atoms with Crippen LogP contribution >= 0.6 is 8.38 Å².